The molecular formula is C14H26N2OS. The Kier molecular flexibility index (Phi) is 4.96. The fourth-order valence-electron chi connectivity index (χ4n) is 2.69. The van der Waals surface area contributed by atoms with Crippen LogP contribution in [0.3, 0.4) is 0 Å². The number of aliphatic imine (C=N–C) groups is 1. The monoisotopic (exact) mass is 270 g/mol. The first-order valence-corrected chi connectivity index (χ1v) is 8.24. The van der Waals surface area contributed by atoms with Crippen LogP contribution in [0.25, 0.3) is 0 Å². The molecule has 0 bridgehead atoms. The number of ether oxygens (including phenoxy) is 1. The van der Waals surface area contributed by atoms with E-state index in [1.54, 1.807) is 0 Å². The average Bonchev–Trinajstić information content (AvgIpc) is 2.84. The van der Waals surface area contributed by atoms with Crippen LogP contribution in [0.4, 0.5) is 0 Å². The van der Waals surface area contributed by atoms with Crippen molar-refractivity contribution in [2.24, 2.45) is 10.9 Å². The van der Waals surface area contributed by atoms with Gasteiger partial charge in [-0.3, -0.25) is 4.99 Å². The van der Waals surface area contributed by atoms with E-state index in [0.29, 0.717) is 17.5 Å². The van der Waals surface area contributed by atoms with Gasteiger partial charge in [0.05, 0.1) is 6.04 Å². The van der Waals surface area contributed by atoms with Crippen LogP contribution in [0.15, 0.2) is 4.99 Å². The van der Waals surface area contributed by atoms with E-state index in [1.165, 1.54) is 18.6 Å². The van der Waals surface area contributed by atoms with Crippen molar-refractivity contribution in [3.8, 4) is 0 Å². The third kappa shape index (κ3) is 3.21. The van der Waals surface area contributed by atoms with E-state index < -0.39 is 0 Å². The number of nitrogens with one attached hydrogen (secondary N) is 1. The molecule has 0 amide bonds. The van der Waals surface area contributed by atoms with Crippen LogP contribution in [0.2, 0.25) is 0 Å². The largest absolute Gasteiger partial charge is 0.381 e. The predicted molar refractivity (Wildman–Crippen MR) is 79.3 cm³/mol. The van der Waals surface area contributed by atoms with E-state index >= 15 is 0 Å². The van der Waals surface area contributed by atoms with E-state index in [4.69, 9.17) is 9.73 Å². The van der Waals surface area contributed by atoms with Crippen molar-refractivity contribution >= 4 is 16.9 Å². The Morgan fingerprint density at radius 2 is 2.06 bits per heavy atom. The Bertz CT molecular complexity index is 296. The molecule has 0 radical (unpaired) electrons. The highest BCUT2D eigenvalue weighted by molar-refractivity contribution is 8.14. The van der Waals surface area contributed by atoms with E-state index in [1.807, 2.05) is 11.8 Å². The molecular weight excluding hydrogens is 244 g/mol. The van der Waals surface area contributed by atoms with Crippen molar-refractivity contribution in [1.82, 2.24) is 5.32 Å². The molecule has 0 aromatic heterocycles. The number of amidine groups is 1. The Morgan fingerprint density at radius 1 is 1.39 bits per heavy atom. The first-order chi connectivity index (χ1) is 8.69. The highest BCUT2D eigenvalue weighted by Gasteiger charge is 2.34. The molecule has 104 valence electrons. The van der Waals surface area contributed by atoms with Gasteiger partial charge in [-0.15, -0.1) is 0 Å². The molecule has 3 nitrogen and oxygen atoms in total. The van der Waals surface area contributed by atoms with E-state index in [9.17, 15) is 0 Å². The summed E-state index contributed by atoms with van der Waals surface area (Å²) in [6.07, 6.45) is 4.69. The summed E-state index contributed by atoms with van der Waals surface area (Å²) in [5.41, 5.74) is 0.291. The topological polar surface area (TPSA) is 33.6 Å². The zero-order valence-electron chi connectivity index (χ0n) is 11.9. The summed E-state index contributed by atoms with van der Waals surface area (Å²) in [7, 11) is 0. The maximum absolute atomic E-state index is 5.42. The minimum atomic E-state index is 0.291. The third-order valence-electron chi connectivity index (χ3n) is 4.48. The molecule has 4 heteroatoms. The van der Waals surface area contributed by atoms with Crippen molar-refractivity contribution in [2.75, 3.05) is 19.0 Å². The van der Waals surface area contributed by atoms with Gasteiger partial charge in [0, 0.05) is 24.5 Å². The number of rotatable bonds is 4. The minimum absolute atomic E-state index is 0.291. The zero-order chi connectivity index (χ0) is 13.0. The number of nitrogens with zero attached hydrogens (tertiary/aromatic N) is 1. The second-order valence-electron chi connectivity index (χ2n) is 5.53. The molecule has 2 saturated heterocycles. The summed E-state index contributed by atoms with van der Waals surface area (Å²) in [5.74, 6) is 1.87. The zero-order valence-corrected chi connectivity index (χ0v) is 12.7. The van der Waals surface area contributed by atoms with Gasteiger partial charge in [0.1, 0.15) is 0 Å². The lowest BCUT2D eigenvalue weighted by Crippen LogP contribution is -2.42. The second kappa shape index (κ2) is 6.29. The second-order valence-corrected chi connectivity index (χ2v) is 6.49. The Hall–Kier alpha value is -0.220. The number of hydrogen-bond acceptors (Lipinski definition) is 3. The van der Waals surface area contributed by atoms with Crippen molar-refractivity contribution < 1.29 is 4.74 Å². The van der Waals surface area contributed by atoms with Gasteiger partial charge >= 0.3 is 0 Å². The Morgan fingerprint density at radius 3 is 2.61 bits per heavy atom. The van der Waals surface area contributed by atoms with Crippen LogP contribution in [-0.4, -0.2) is 35.7 Å². The van der Waals surface area contributed by atoms with Crippen LogP contribution in [0.5, 0.6) is 0 Å². The van der Waals surface area contributed by atoms with Crippen molar-refractivity contribution in [3.63, 3.8) is 0 Å². The molecule has 0 saturated carbocycles. The molecule has 1 N–H and O–H groups in total. The normalized spacial score (nSPS) is 28.3. The molecule has 1 atom stereocenters. The molecule has 2 heterocycles. The lowest BCUT2D eigenvalue weighted by atomic mass is 9.93. The molecule has 0 aromatic carbocycles. The van der Waals surface area contributed by atoms with E-state index in [2.05, 4.69) is 26.1 Å². The highest BCUT2D eigenvalue weighted by atomic mass is 32.2. The van der Waals surface area contributed by atoms with Gasteiger partial charge in [0.25, 0.3) is 0 Å². The maximum Gasteiger partial charge on any atom is 0.157 e. The molecule has 2 aliphatic rings. The first-order valence-electron chi connectivity index (χ1n) is 7.25. The van der Waals surface area contributed by atoms with Gasteiger partial charge in [-0.05, 0) is 38.5 Å². The summed E-state index contributed by atoms with van der Waals surface area (Å²) in [5, 5.41) is 4.82. The summed E-state index contributed by atoms with van der Waals surface area (Å²) in [6, 6.07) is 0.424. The molecule has 1 unspecified atom stereocenters. The van der Waals surface area contributed by atoms with Crippen LogP contribution in [0, 0.1) is 5.92 Å². The highest BCUT2D eigenvalue weighted by Crippen LogP contribution is 2.30. The summed E-state index contributed by atoms with van der Waals surface area (Å²) in [6.45, 7) is 8.61. The van der Waals surface area contributed by atoms with Gasteiger partial charge in [0.15, 0.2) is 5.17 Å². The number of hydrogen-bond donors (Lipinski definition) is 1. The molecule has 0 spiro atoms. The minimum Gasteiger partial charge on any atom is -0.381 e. The molecule has 0 aliphatic carbocycles. The quantitative estimate of drug-likeness (QED) is 0.852. The van der Waals surface area contributed by atoms with E-state index in [-0.39, 0.29) is 0 Å². The van der Waals surface area contributed by atoms with Gasteiger partial charge in [0.2, 0.25) is 0 Å². The van der Waals surface area contributed by atoms with Crippen molar-refractivity contribution in [3.05, 3.63) is 0 Å². The average molecular weight is 270 g/mol. The van der Waals surface area contributed by atoms with E-state index in [0.717, 1.165) is 31.2 Å². The summed E-state index contributed by atoms with van der Waals surface area (Å²) >= 11 is 1.90. The molecule has 2 fully saturated rings. The summed E-state index contributed by atoms with van der Waals surface area (Å²) in [4.78, 5) is 4.90. The SMILES string of the molecule is CCC1(CC)CSC(=NC(C)C2CCOCC2)N1. The van der Waals surface area contributed by atoms with Crippen LogP contribution in [-0.2, 0) is 4.74 Å². The number of thioether (sulfide) groups is 1. The van der Waals surface area contributed by atoms with Crippen molar-refractivity contribution in [2.45, 2.75) is 58.0 Å². The van der Waals surface area contributed by atoms with Gasteiger partial charge in [-0.2, -0.15) is 0 Å². The van der Waals surface area contributed by atoms with Crippen LogP contribution < -0.4 is 5.32 Å². The first kappa shape index (κ1) is 14.2. The molecule has 2 aliphatic heterocycles. The predicted octanol–water partition coefficient (Wildman–Crippen LogP) is 3.05. The lowest BCUT2D eigenvalue weighted by molar-refractivity contribution is 0.0605. The molecule has 18 heavy (non-hydrogen) atoms. The lowest BCUT2D eigenvalue weighted by Gasteiger charge is -2.27. The molecule has 0 aromatic rings. The Balaban J connectivity index is 1.93. The molecule has 2 rings (SSSR count). The van der Waals surface area contributed by atoms with Crippen LogP contribution in [0.1, 0.15) is 46.5 Å². The fourth-order valence-corrected chi connectivity index (χ4v) is 4.12. The maximum atomic E-state index is 5.42. The van der Waals surface area contributed by atoms with Gasteiger partial charge < -0.3 is 10.1 Å². The van der Waals surface area contributed by atoms with Crippen LogP contribution >= 0.6 is 11.8 Å². The third-order valence-corrected chi connectivity index (χ3v) is 5.66. The fraction of sp³-hybridized carbons (Fsp3) is 0.929. The van der Waals surface area contributed by atoms with Crippen molar-refractivity contribution in [1.29, 1.82) is 0 Å². The smallest absolute Gasteiger partial charge is 0.157 e. The van der Waals surface area contributed by atoms with Gasteiger partial charge in [-0.1, -0.05) is 25.6 Å². The Labute approximate surface area is 115 Å². The summed E-state index contributed by atoms with van der Waals surface area (Å²) < 4.78 is 5.42. The van der Waals surface area contributed by atoms with Gasteiger partial charge in [-0.25, -0.2) is 0 Å². The standard InChI is InChI=1S/C14H26N2OS/c1-4-14(5-2)10-18-13(16-14)15-11(3)12-6-8-17-9-7-12/h11-12H,4-10H2,1-3H3,(H,15,16).